The first-order valence-electron chi connectivity index (χ1n) is 4.97. The van der Waals surface area contributed by atoms with Gasteiger partial charge in [-0.15, -0.1) is 11.6 Å². The minimum Gasteiger partial charge on any atom is -0.152 e. The highest BCUT2D eigenvalue weighted by molar-refractivity contribution is 7.08. The average Bonchev–Trinajstić information content (AvgIpc) is 2.70. The molecule has 1 aromatic carbocycles. The van der Waals surface area contributed by atoms with Crippen molar-refractivity contribution in [1.82, 2.24) is 0 Å². The first-order chi connectivity index (χ1) is 7.25. The zero-order valence-electron chi connectivity index (χ0n) is 8.61. The van der Waals surface area contributed by atoms with Gasteiger partial charge in [-0.3, -0.25) is 0 Å². The quantitative estimate of drug-likeness (QED) is 0.685. The van der Waals surface area contributed by atoms with Gasteiger partial charge in [-0.1, -0.05) is 29.8 Å². The summed E-state index contributed by atoms with van der Waals surface area (Å²) in [4.78, 5) is 0. The number of aryl methyl sites for hydroxylation is 1. The lowest BCUT2D eigenvalue weighted by Gasteiger charge is -2.08. The van der Waals surface area contributed by atoms with Crippen molar-refractivity contribution in [3.05, 3.63) is 57.8 Å². The standard InChI is InChI=1S/C13H13ClS/c1-10-3-2-4-11(7-10)8-13(14)12-5-6-15-9-12/h2-7,9,13H,8H2,1H3. The fourth-order valence-electron chi connectivity index (χ4n) is 1.62. The van der Waals surface area contributed by atoms with Crippen LogP contribution in [-0.4, -0.2) is 0 Å². The zero-order chi connectivity index (χ0) is 10.7. The number of thiophene rings is 1. The molecule has 0 fully saturated rings. The van der Waals surface area contributed by atoms with Crippen molar-refractivity contribution in [3.63, 3.8) is 0 Å². The molecule has 0 N–H and O–H groups in total. The molecule has 0 saturated heterocycles. The van der Waals surface area contributed by atoms with Crippen LogP contribution in [0.2, 0.25) is 0 Å². The maximum absolute atomic E-state index is 6.34. The fraction of sp³-hybridized carbons (Fsp3) is 0.231. The summed E-state index contributed by atoms with van der Waals surface area (Å²) in [6, 6.07) is 10.6. The summed E-state index contributed by atoms with van der Waals surface area (Å²) in [5.41, 5.74) is 3.83. The van der Waals surface area contributed by atoms with Gasteiger partial charge in [-0.2, -0.15) is 11.3 Å². The van der Waals surface area contributed by atoms with Crippen molar-refractivity contribution in [2.75, 3.05) is 0 Å². The molecule has 78 valence electrons. The molecule has 1 aromatic heterocycles. The minimum atomic E-state index is 0.0954. The van der Waals surface area contributed by atoms with Crippen LogP contribution in [0.3, 0.4) is 0 Å². The van der Waals surface area contributed by atoms with Crippen LogP contribution < -0.4 is 0 Å². The van der Waals surface area contributed by atoms with E-state index in [1.807, 2.05) is 0 Å². The van der Waals surface area contributed by atoms with Crippen molar-refractivity contribution in [1.29, 1.82) is 0 Å². The van der Waals surface area contributed by atoms with Gasteiger partial charge < -0.3 is 0 Å². The third kappa shape index (κ3) is 2.83. The van der Waals surface area contributed by atoms with E-state index in [1.54, 1.807) is 11.3 Å². The Morgan fingerprint density at radius 1 is 1.33 bits per heavy atom. The van der Waals surface area contributed by atoms with Gasteiger partial charge in [0.1, 0.15) is 0 Å². The molecule has 0 saturated carbocycles. The van der Waals surface area contributed by atoms with Crippen LogP contribution in [0.1, 0.15) is 22.1 Å². The van der Waals surface area contributed by atoms with Crippen LogP contribution in [0.15, 0.2) is 41.1 Å². The topological polar surface area (TPSA) is 0 Å². The first-order valence-corrected chi connectivity index (χ1v) is 6.35. The van der Waals surface area contributed by atoms with Crippen LogP contribution in [-0.2, 0) is 6.42 Å². The van der Waals surface area contributed by atoms with Gasteiger partial charge in [-0.05, 0) is 41.3 Å². The number of rotatable bonds is 3. The van der Waals surface area contributed by atoms with Crippen LogP contribution in [0.25, 0.3) is 0 Å². The molecule has 1 atom stereocenters. The summed E-state index contributed by atoms with van der Waals surface area (Å²) in [7, 11) is 0. The number of hydrogen-bond donors (Lipinski definition) is 0. The Labute approximate surface area is 99.5 Å². The number of halogens is 1. The van der Waals surface area contributed by atoms with Gasteiger partial charge in [0.05, 0.1) is 5.38 Å². The Bertz CT molecular complexity index is 420. The lowest BCUT2D eigenvalue weighted by Crippen LogP contribution is -1.94. The molecule has 1 unspecified atom stereocenters. The van der Waals surface area contributed by atoms with Crippen LogP contribution in [0.4, 0.5) is 0 Å². The molecule has 15 heavy (non-hydrogen) atoms. The summed E-state index contributed by atoms with van der Waals surface area (Å²) < 4.78 is 0. The maximum atomic E-state index is 6.34. The van der Waals surface area contributed by atoms with Gasteiger partial charge in [0, 0.05) is 0 Å². The molecule has 0 radical (unpaired) electrons. The highest BCUT2D eigenvalue weighted by Gasteiger charge is 2.08. The molecule has 2 heteroatoms. The number of benzene rings is 1. The van der Waals surface area contributed by atoms with Gasteiger partial charge in [0.2, 0.25) is 0 Å². The monoisotopic (exact) mass is 236 g/mol. The highest BCUT2D eigenvalue weighted by Crippen LogP contribution is 2.26. The minimum absolute atomic E-state index is 0.0954. The molecule has 1 heterocycles. The third-order valence-electron chi connectivity index (χ3n) is 2.40. The van der Waals surface area contributed by atoms with Crippen LogP contribution >= 0.6 is 22.9 Å². The van der Waals surface area contributed by atoms with Crippen molar-refractivity contribution in [2.45, 2.75) is 18.7 Å². The summed E-state index contributed by atoms with van der Waals surface area (Å²) >= 11 is 8.04. The Morgan fingerprint density at radius 2 is 2.20 bits per heavy atom. The van der Waals surface area contributed by atoms with Gasteiger partial charge in [0.15, 0.2) is 0 Å². The summed E-state index contributed by atoms with van der Waals surface area (Å²) in [5, 5.41) is 4.28. The summed E-state index contributed by atoms with van der Waals surface area (Å²) in [6.45, 7) is 2.11. The third-order valence-corrected chi connectivity index (χ3v) is 3.51. The Balaban J connectivity index is 2.09. The summed E-state index contributed by atoms with van der Waals surface area (Å²) in [6.07, 6.45) is 0.903. The molecule has 0 bridgehead atoms. The molecule has 2 rings (SSSR count). The van der Waals surface area contributed by atoms with E-state index in [-0.39, 0.29) is 5.38 Å². The van der Waals surface area contributed by atoms with E-state index in [4.69, 9.17) is 11.6 Å². The van der Waals surface area contributed by atoms with E-state index in [9.17, 15) is 0 Å². The van der Waals surface area contributed by atoms with Gasteiger partial charge in [-0.25, -0.2) is 0 Å². The van der Waals surface area contributed by atoms with E-state index >= 15 is 0 Å². The Hall–Kier alpha value is -0.790. The second-order valence-corrected chi connectivity index (χ2v) is 5.02. The number of hydrogen-bond acceptors (Lipinski definition) is 1. The average molecular weight is 237 g/mol. The molecular formula is C13H13ClS. The van der Waals surface area contributed by atoms with Crippen LogP contribution in [0, 0.1) is 6.92 Å². The molecule has 0 aliphatic rings. The van der Waals surface area contributed by atoms with E-state index in [0.29, 0.717) is 0 Å². The lowest BCUT2D eigenvalue weighted by atomic mass is 10.0. The molecule has 2 aromatic rings. The second-order valence-electron chi connectivity index (χ2n) is 3.72. The maximum Gasteiger partial charge on any atom is 0.0633 e. The molecule has 0 nitrogen and oxygen atoms in total. The zero-order valence-corrected chi connectivity index (χ0v) is 10.2. The largest absolute Gasteiger partial charge is 0.152 e. The molecule has 0 spiro atoms. The SMILES string of the molecule is Cc1cccc(CC(Cl)c2ccsc2)c1. The van der Waals surface area contributed by atoms with Crippen LogP contribution in [0.5, 0.6) is 0 Å². The lowest BCUT2D eigenvalue weighted by molar-refractivity contribution is 0.923. The predicted octanol–water partition coefficient (Wildman–Crippen LogP) is 4.58. The van der Waals surface area contributed by atoms with Gasteiger partial charge >= 0.3 is 0 Å². The smallest absolute Gasteiger partial charge is 0.0633 e. The Kier molecular flexibility index (Phi) is 3.45. The van der Waals surface area contributed by atoms with E-state index < -0.39 is 0 Å². The van der Waals surface area contributed by atoms with Crippen molar-refractivity contribution in [3.8, 4) is 0 Å². The van der Waals surface area contributed by atoms with Crippen molar-refractivity contribution < 1.29 is 0 Å². The van der Waals surface area contributed by atoms with Crippen molar-refractivity contribution >= 4 is 22.9 Å². The predicted molar refractivity (Wildman–Crippen MR) is 67.8 cm³/mol. The molecule has 0 amide bonds. The summed E-state index contributed by atoms with van der Waals surface area (Å²) in [5.74, 6) is 0. The normalized spacial score (nSPS) is 12.7. The fourth-order valence-corrected chi connectivity index (χ4v) is 2.72. The molecular weight excluding hydrogens is 224 g/mol. The second kappa shape index (κ2) is 4.82. The van der Waals surface area contributed by atoms with E-state index in [0.717, 1.165) is 6.42 Å². The van der Waals surface area contributed by atoms with E-state index in [1.165, 1.54) is 16.7 Å². The molecule has 0 aliphatic heterocycles. The highest BCUT2D eigenvalue weighted by atomic mass is 35.5. The van der Waals surface area contributed by atoms with Gasteiger partial charge in [0.25, 0.3) is 0 Å². The first kappa shape index (κ1) is 10.7. The van der Waals surface area contributed by atoms with E-state index in [2.05, 4.69) is 48.0 Å². The number of alkyl halides is 1. The van der Waals surface area contributed by atoms with Crippen molar-refractivity contribution in [2.24, 2.45) is 0 Å². The molecule has 0 aliphatic carbocycles. The Morgan fingerprint density at radius 3 is 2.87 bits per heavy atom.